The number of nitrogens with zero attached hydrogens (tertiary/aromatic N) is 2. The summed E-state index contributed by atoms with van der Waals surface area (Å²) in [6.45, 7) is 0. The highest BCUT2D eigenvalue weighted by molar-refractivity contribution is 5.88. The first-order chi connectivity index (χ1) is 4.88. The van der Waals surface area contributed by atoms with Crippen LogP contribution in [0.1, 0.15) is 25.7 Å². The summed E-state index contributed by atoms with van der Waals surface area (Å²) in [6, 6.07) is 2.11. The molecule has 0 aliphatic heterocycles. The van der Waals surface area contributed by atoms with Crippen LogP contribution >= 0.6 is 0 Å². The molecule has 0 heterocycles. The summed E-state index contributed by atoms with van der Waals surface area (Å²) in [5.41, 5.74) is 0.661. The van der Waals surface area contributed by atoms with Gasteiger partial charge >= 0.3 is 0 Å². The van der Waals surface area contributed by atoms with Gasteiger partial charge in [0.15, 0.2) is 0 Å². The van der Waals surface area contributed by atoms with Gasteiger partial charge in [-0.1, -0.05) is 11.6 Å². The Hall–Kier alpha value is -1.04. The second-order valence-corrected chi connectivity index (χ2v) is 2.52. The van der Waals surface area contributed by atoms with E-state index in [4.69, 9.17) is 10.5 Å². The molecule has 1 aliphatic carbocycles. The molecule has 0 aromatic carbocycles. The van der Waals surface area contributed by atoms with Crippen molar-refractivity contribution in [2.24, 2.45) is 11.1 Å². The predicted octanol–water partition coefficient (Wildman–Crippen LogP) is 1.53. The molecular weight excluding hydrogens is 128 g/mol. The molecule has 0 saturated heterocycles. The first-order valence-corrected chi connectivity index (χ1v) is 3.49. The maximum atomic E-state index is 8.55. The Morgan fingerprint density at radius 3 is 2.90 bits per heavy atom. The summed E-state index contributed by atoms with van der Waals surface area (Å²) in [5.74, 6) is -0.126. The highest BCUT2D eigenvalue weighted by Gasteiger charge is 2.19. The minimum Gasteiger partial charge on any atom is -0.411 e. The van der Waals surface area contributed by atoms with Gasteiger partial charge < -0.3 is 5.21 Å². The zero-order valence-electron chi connectivity index (χ0n) is 5.75. The van der Waals surface area contributed by atoms with Crippen molar-refractivity contribution in [1.82, 2.24) is 0 Å². The molecule has 1 saturated carbocycles. The van der Waals surface area contributed by atoms with Crippen LogP contribution in [-0.2, 0) is 0 Å². The lowest BCUT2D eigenvalue weighted by molar-refractivity contribution is 0.312. The number of nitriles is 1. The average molecular weight is 138 g/mol. The highest BCUT2D eigenvalue weighted by Crippen LogP contribution is 2.20. The Labute approximate surface area is 60.0 Å². The van der Waals surface area contributed by atoms with Gasteiger partial charge in [0.2, 0.25) is 0 Å². The standard InChI is InChI=1S/C7H10N2O/c8-5-6-3-1-2-4-7(6)9-10/h6,10H,1-4H2. The molecule has 0 aromatic heterocycles. The molecule has 1 N–H and O–H groups in total. The summed E-state index contributed by atoms with van der Waals surface area (Å²) in [5, 5.41) is 20.1. The minimum atomic E-state index is -0.126. The van der Waals surface area contributed by atoms with Gasteiger partial charge in [-0.3, -0.25) is 0 Å². The normalized spacial score (nSPS) is 29.9. The van der Waals surface area contributed by atoms with Crippen LogP contribution in [-0.4, -0.2) is 10.9 Å². The summed E-state index contributed by atoms with van der Waals surface area (Å²) < 4.78 is 0. The van der Waals surface area contributed by atoms with Gasteiger partial charge in [0.25, 0.3) is 0 Å². The zero-order valence-corrected chi connectivity index (χ0v) is 5.75. The monoisotopic (exact) mass is 138 g/mol. The summed E-state index contributed by atoms with van der Waals surface area (Å²) in [6.07, 6.45) is 3.78. The van der Waals surface area contributed by atoms with Gasteiger partial charge in [-0.2, -0.15) is 5.26 Å². The van der Waals surface area contributed by atoms with E-state index in [0.29, 0.717) is 5.71 Å². The van der Waals surface area contributed by atoms with E-state index in [2.05, 4.69) is 11.2 Å². The van der Waals surface area contributed by atoms with Gasteiger partial charge in [0.05, 0.1) is 17.7 Å². The van der Waals surface area contributed by atoms with Crippen molar-refractivity contribution in [3.05, 3.63) is 0 Å². The van der Waals surface area contributed by atoms with Gasteiger partial charge in [-0.05, 0) is 19.3 Å². The molecule has 1 fully saturated rings. The van der Waals surface area contributed by atoms with Crippen molar-refractivity contribution in [2.75, 3.05) is 0 Å². The molecule has 3 heteroatoms. The summed E-state index contributed by atoms with van der Waals surface area (Å²) in [7, 11) is 0. The smallest absolute Gasteiger partial charge is 0.0878 e. The molecule has 10 heavy (non-hydrogen) atoms. The van der Waals surface area contributed by atoms with Crippen LogP contribution in [0.15, 0.2) is 5.16 Å². The van der Waals surface area contributed by atoms with Gasteiger partial charge in [0, 0.05) is 0 Å². The molecule has 1 atom stereocenters. The summed E-state index contributed by atoms with van der Waals surface area (Å²) in [4.78, 5) is 0. The van der Waals surface area contributed by atoms with Crippen molar-refractivity contribution in [3.8, 4) is 6.07 Å². The number of hydrogen-bond donors (Lipinski definition) is 1. The van der Waals surface area contributed by atoms with Crippen molar-refractivity contribution in [1.29, 1.82) is 5.26 Å². The fourth-order valence-electron chi connectivity index (χ4n) is 1.25. The van der Waals surface area contributed by atoms with E-state index >= 15 is 0 Å². The fraction of sp³-hybridized carbons (Fsp3) is 0.714. The molecule has 54 valence electrons. The van der Waals surface area contributed by atoms with Gasteiger partial charge in [0.1, 0.15) is 0 Å². The Balaban J connectivity index is 2.62. The van der Waals surface area contributed by atoms with E-state index in [1.54, 1.807) is 0 Å². The van der Waals surface area contributed by atoms with Crippen molar-refractivity contribution in [2.45, 2.75) is 25.7 Å². The molecule has 1 aliphatic rings. The number of hydrogen-bond acceptors (Lipinski definition) is 3. The third-order valence-electron chi connectivity index (χ3n) is 1.86. The zero-order chi connectivity index (χ0) is 7.40. The summed E-state index contributed by atoms with van der Waals surface area (Å²) >= 11 is 0. The molecule has 1 rings (SSSR count). The Kier molecular flexibility index (Phi) is 2.27. The Morgan fingerprint density at radius 2 is 2.40 bits per heavy atom. The van der Waals surface area contributed by atoms with Crippen LogP contribution in [0, 0.1) is 17.2 Å². The fourth-order valence-corrected chi connectivity index (χ4v) is 1.25. The SMILES string of the molecule is N#CC1CCCCC1=NO. The minimum absolute atomic E-state index is 0.126. The predicted molar refractivity (Wildman–Crippen MR) is 36.8 cm³/mol. The molecule has 0 amide bonds. The topological polar surface area (TPSA) is 56.4 Å². The first-order valence-electron chi connectivity index (χ1n) is 3.49. The average Bonchev–Trinajstić information content (AvgIpc) is 2.04. The maximum absolute atomic E-state index is 8.55. The molecular formula is C7H10N2O. The highest BCUT2D eigenvalue weighted by atomic mass is 16.4. The molecule has 0 spiro atoms. The van der Waals surface area contributed by atoms with Crippen molar-refractivity contribution in [3.63, 3.8) is 0 Å². The number of rotatable bonds is 0. The first kappa shape index (κ1) is 7.07. The van der Waals surface area contributed by atoms with E-state index in [9.17, 15) is 0 Å². The van der Waals surface area contributed by atoms with Crippen LogP contribution in [0.4, 0.5) is 0 Å². The van der Waals surface area contributed by atoms with Crippen LogP contribution in [0.25, 0.3) is 0 Å². The molecule has 0 aromatic rings. The van der Waals surface area contributed by atoms with E-state index in [0.717, 1.165) is 25.7 Å². The molecule has 0 bridgehead atoms. The molecule has 3 nitrogen and oxygen atoms in total. The van der Waals surface area contributed by atoms with E-state index in [1.807, 2.05) is 0 Å². The second-order valence-electron chi connectivity index (χ2n) is 2.52. The van der Waals surface area contributed by atoms with E-state index in [1.165, 1.54) is 0 Å². The van der Waals surface area contributed by atoms with E-state index < -0.39 is 0 Å². The maximum Gasteiger partial charge on any atom is 0.0878 e. The van der Waals surface area contributed by atoms with Crippen molar-refractivity contribution >= 4 is 5.71 Å². The Morgan fingerprint density at radius 1 is 1.60 bits per heavy atom. The third kappa shape index (κ3) is 1.27. The quantitative estimate of drug-likeness (QED) is 0.407. The molecule has 0 radical (unpaired) electrons. The van der Waals surface area contributed by atoms with Gasteiger partial charge in [-0.25, -0.2) is 0 Å². The van der Waals surface area contributed by atoms with Crippen LogP contribution in [0.5, 0.6) is 0 Å². The van der Waals surface area contributed by atoms with Crippen molar-refractivity contribution < 1.29 is 5.21 Å². The van der Waals surface area contributed by atoms with E-state index in [-0.39, 0.29) is 5.92 Å². The second kappa shape index (κ2) is 3.21. The van der Waals surface area contributed by atoms with Gasteiger partial charge in [-0.15, -0.1) is 0 Å². The lowest BCUT2D eigenvalue weighted by Gasteiger charge is -2.15. The van der Waals surface area contributed by atoms with Crippen LogP contribution in [0.2, 0.25) is 0 Å². The number of oxime groups is 1. The lowest BCUT2D eigenvalue weighted by atomic mass is 9.88. The van der Waals surface area contributed by atoms with Crippen LogP contribution < -0.4 is 0 Å². The Bertz CT molecular complexity index is 181. The largest absolute Gasteiger partial charge is 0.411 e. The third-order valence-corrected chi connectivity index (χ3v) is 1.86. The molecule has 1 unspecified atom stereocenters. The van der Waals surface area contributed by atoms with Crippen LogP contribution in [0.3, 0.4) is 0 Å². The lowest BCUT2D eigenvalue weighted by Crippen LogP contribution is -2.17.